The zero-order chi connectivity index (χ0) is 19.1. The van der Waals surface area contributed by atoms with E-state index in [9.17, 15) is 4.79 Å². The van der Waals surface area contributed by atoms with E-state index in [0.717, 1.165) is 18.6 Å². The molecule has 144 valence electrons. The lowest BCUT2D eigenvalue weighted by Crippen LogP contribution is -2.69. The molecule has 7 nitrogen and oxygen atoms in total. The van der Waals surface area contributed by atoms with Gasteiger partial charge in [0, 0.05) is 29.6 Å². The summed E-state index contributed by atoms with van der Waals surface area (Å²) in [4.78, 5) is 19.3. The van der Waals surface area contributed by atoms with E-state index in [4.69, 9.17) is 9.26 Å². The van der Waals surface area contributed by atoms with Crippen LogP contribution in [0.25, 0.3) is 11.4 Å². The minimum Gasteiger partial charge on any atom is -0.376 e. The lowest BCUT2D eigenvalue weighted by Gasteiger charge is -2.50. The molecule has 1 aliphatic heterocycles. The number of aromatic nitrogens is 2. The lowest BCUT2D eigenvalue weighted by molar-refractivity contribution is -0.0664. The first-order chi connectivity index (χ1) is 13.0. The van der Waals surface area contributed by atoms with E-state index in [2.05, 4.69) is 20.4 Å². The molecule has 2 heterocycles. The number of rotatable bonds is 5. The van der Waals surface area contributed by atoms with Crippen LogP contribution in [-0.4, -0.2) is 59.8 Å². The van der Waals surface area contributed by atoms with Crippen molar-refractivity contribution >= 4 is 5.91 Å². The van der Waals surface area contributed by atoms with Gasteiger partial charge in [0.1, 0.15) is 0 Å². The number of carbonyl (C=O) groups is 1. The molecular formula is C20H26N4O3. The highest BCUT2D eigenvalue weighted by Crippen LogP contribution is 2.41. The molecule has 4 atom stereocenters. The fourth-order valence-electron chi connectivity index (χ4n) is 4.08. The summed E-state index contributed by atoms with van der Waals surface area (Å²) in [5.74, 6) is 1.70. The molecule has 1 N–H and O–H groups in total. The van der Waals surface area contributed by atoms with Gasteiger partial charge in [0.15, 0.2) is 0 Å². The number of hydrogen-bond donors (Lipinski definition) is 1. The number of nitrogens with one attached hydrogen (secondary N) is 1. The van der Waals surface area contributed by atoms with E-state index >= 15 is 0 Å². The number of hydrogen-bond acceptors (Lipinski definition) is 6. The topological polar surface area (TPSA) is 80.5 Å². The molecule has 4 rings (SSSR count). The van der Waals surface area contributed by atoms with Crippen LogP contribution in [0, 0.1) is 5.92 Å². The second-order valence-electron chi connectivity index (χ2n) is 7.93. The van der Waals surface area contributed by atoms with Crippen LogP contribution in [0.2, 0.25) is 0 Å². The average molecular weight is 370 g/mol. The third-order valence-electron chi connectivity index (χ3n) is 5.58. The first kappa shape index (κ1) is 18.1. The zero-order valence-electron chi connectivity index (χ0n) is 16.2. The molecule has 1 aliphatic carbocycles. The van der Waals surface area contributed by atoms with Crippen LogP contribution in [0.5, 0.6) is 0 Å². The van der Waals surface area contributed by atoms with Gasteiger partial charge in [-0.3, -0.25) is 4.79 Å². The van der Waals surface area contributed by atoms with Crippen LogP contribution >= 0.6 is 0 Å². The largest absolute Gasteiger partial charge is 0.376 e. The van der Waals surface area contributed by atoms with Gasteiger partial charge in [0.2, 0.25) is 11.7 Å². The Bertz CT molecular complexity index is 815. The second kappa shape index (κ2) is 7.05. The number of benzene rings is 1. The number of likely N-dealkylation sites (N-methyl/N-ethyl adjacent to an activating group) is 1. The number of amides is 1. The van der Waals surface area contributed by atoms with E-state index in [1.807, 2.05) is 52.2 Å². The van der Waals surface area contributed by atoms with E-state index in [1.165, 1.54) is 0 Å². The van der Waals surface area contributed by atoms with Crippen molar-refractivity contribution in [3.8, 4) is 11.4 Å². The van der Waals surface area contributed by atoms with Crippen LogP contribution in [0.3, 0.4) is 0 Å². The molecule has 0 unspecified atom stereocenters. The molecule has 1 saturated carbocycles. The highest BCUT2D eigenvalue weighted by Gasteiger charge is 2.55. The fourth-order valence-corrected chi connectivity index (χ4v) is 4.08. The van der Waals surface area contributed by atoms with Crippen molar-refractivity contribution < 1.29 is 14.1 Å². The molecule has 0 radical (unpaired) electrons. The lowest BCUT2D eigenvalue weighted by atomic mass is 9.71. The van der Waals surface area contributed by atoms with E-state index in [-0.39, 0.29) is 30.0 Å². The Hall–Kier alpha value is -2.25. The van der Waals surface area contributed by atoms with Crippen molar-refractivity contribution in [1.29, 1.82) is 0 Å². The number of nitrogens with zero attached hydrogens (tertiary/aromatic N) is 3. The average Bonchev–Trinajstić information content (AvgIpc) is 3.27. The maximum atomic E-state index is 12.7. The zero-order valence-corrected chi connectivity index (χ0v) is 16.2. The van der Waals surface area contributed by atoms with Crippen molar-refractivity contribution in [2.45, 2.75) is 44.4 Å². The van der Waals surface area contributed by atoms with Crippen LogP contribution in [0.4, 0.5) is 0 Å². The van der Waals surface area contributed by atoms with Gasteiger partial charge in [-0.25, -0.2) is 0 Å². The normalized spacial score (nSPS) is 26.9. The molecular weight excluding hydrogens is 344 g/mol. The predicted octanol–water partition coefficient (Wildman–Crippen LogP) is 2.31. The Kier molecular flexibility index (Phi) is 4.74. The summed E-state index contributed by atoms with van der Waals surface area (Å²) < 4.78 is 11.1. The summed E-state index contributed by atoms with van der Waals surface area (Å²) in [6.45, 7) is 4.79. The van der Waals surface area contributed by atoms with E-state index in [1.54, 1.807) is 0 Å². The molecule has 27 heavy (non-hydrogen) atoms. The van der Waals surface area contributed by atoms with Gasteiger partial charge < -0.3 is 19.5 Å². The Morgan fingerprint density at radius 3 is 2.63 bits per heavy atom. The van der Waals surface area contributed by atoms with Crippen molar-refractivity contribution in [3.05, 3.63) is 35.7 Å². The molecule has 1 amide bonds. The van der Waals surface area contributed by atoms with Crippen molar-refractivity contribution in [3.63, 3.8) is 0 Å². The van der Waals surface area contributed by atoms with Gasteiger partial charge in [0.25, 0.3) is 5.91 Å². The highest BCUT2D eigenvalue weighted by molar-refractivity contribution is 5.95. The van der Waals surface area contributed by atoms with Gasteiger partial charge in [-0.2, -0.15) is 4.98 Å². The van der Waals surface area contributed by atoms with Crippen molar-refractivity contribution in [2.75, 3.05) is 20.7 Å². The number of fused-ring (bicyclic) bond motifs is 1. The maximum absolute atomic E-state index is 12.7. The SMILES string of the molecule is CC(C)c1nc(-c2ccc(C(=O)N[C@@H]3[C@@H]4CCO[C@@H]4[C@H]3N(C)C)cc2)no1. The van der Waals surface area contributed by atoms with Gasteiger partial charge in [-0.05, 0) is 32.6 Å². The second-order valence-corrected chi connectivity index (χ2v) is 7.93. The first-order valence-corrected chi connectivity index (χ1v) is 9.48. The summed E-state index contributed by atoms with van der Waals surface area (Å²) in [7, 11) is 4.07. The minimum atomic E-state index is -0.0558. The van der Waals surface area contributed by atoms with Gasteiger partial charge >= 0.3 is 0 Å². The third-order valence-corrected chi connectivity index (χ3v) is 5.58. The molecule has 1 saturated heterocycles. The minimum absolute atomic E-state index is 0.0558. The Morgan fingerprint density at radius 1 is 1.26 bits per heavy atom. The van der Waals surface area contributed by atoms with Crippen LogP contribution in [0.1, 0.15) is 42.4 Å². The summed E-state index contributed by atoms with van der Waals surface area (Å²) in [5, 5.41) is 7.22. The van der Waals surface area contributed by atoms with Crippen molar-refractivity contribution in [2.24, 2.45) is 5.92 Å². The maximum Gasteiger partial charge on any atom is 0.251 e. The molecule has 0 spiro atoms. The summed E-state index contributed by atoms with van der Waals surface area (Å²) >= 11 is 0. The summed E-state index contributed by atoms with van der Waals surface area (Å²) in [6.07, 6.45) is 1.25. The molecule has 2 aliphatic rings. The molecule has 1 aromatic carbocycles. The Labute approximate surface area is 159 Å². The number of ether oxygens (including phenoxy) is 1. The predicted molar refractivity (Wildman–Crippen MR) is 100 cm³/mol. The van der Waals surface area contributed by atoms with E-state index < -0.39 is 0 Å². The molecule has 7 heteroatoms. The number of carbonyl (C=O) groups excluding carboxylic acids is 1. The molecule has 2 aromatic rings. The fraction of sp³-hybridized carbons (Fsp3) is 0.550. The molecule has 1 aromatic heterocycles. The first-order valence-electron chi connectivity index (χ1n) is 9.48. The van der Waals surface area contributed by atoms with Crippen LogP contribution in [0.15, 0.2) is 28.8 Å². The summed E-state index contributed by atoms with van der Waals surface area (Å²) in [5.41, 5.74) is 1.47. The highest BCUT2D eigenvalue weighted by atomic mass is 16.5. The van der Waals surface area contributed by atoms with Crippen molar-refractivity contribution in [1.82, 2.24) is 20.4 Å². The van der Waals surface area contributed by atoms with Gasteiger partial charge in [-0.15, -0.1) is 0 Å². The molecule has 0 bridgehead atoms. The van der Waals surface area contributed by atoms with Gasteiger partial charge in [-0.1, -0.05) is 31.1 Å². The van der Waals surface area contributed by atoms with Crippen LogP contribution in [-0.2, 0) is 4.74 Å². The standard InChI is InChI=1S/C20H26N4O3/c1-11(2)20-22-18(23-27-20)12-5-7-13(8-6-12)19(25)21-15-14-9-10-26-17(14)16(15)24(3)4/h5-8,11,14-17H,9-10H2,1-4H3,(H,21,25)/t14-,15+,16-,17-/m0/s1. The van der Waals surface area contributed by atoms with Crippen LogP contribution < -0.4 is 5.32 Å². The Balaban J connectivity index is 1.45. The monoisotopic (exact) mass is 370 g/mol. The Morgan fingerprint density at radius 2 is 2.00 bits per heavy atom. The van der Waals surface area contributed by atoms with E-state index in [0.29, 0.717) is 23.2 Å². The molecule has 2 fully saturated rings. The third kappa shape index (κ3) is 3.26. The smallest absolute Gasteiger partial charge is 0.251 e. The quantitative estimate of drug-likeness (QED) is 0.870. The van der Waals surface area contributed by atoms with Gasteiger partial charge in [0.05, 0.1) is 18.2 Å². The summed E-state index contributed by atoms with van der Waals surface area (Å²) in [6, 6.07) is 7.69.